The Morgan fingerprint density at radius 3 is 2.93 bits per heavy atom. The molecule has 3 N–H and O–H groups in total. The van der Waals surface area contributed by atoms with E-state index < -0.39 is 0 Å². The van der Waals surface area contributed by atoms with Gasteiger partial charge in [0.2, 0.25) is 5.95 Å². The minimum atomic E-state index is -0.0819. The van der Waals surface area contributed by atoms with Gasteiger partial charge in [-0.1, -0.05) is 17.7 Å². The van der Waals surface area contributed by atoms with Gasteiger partial charge in [0, 0.05) is 42.5 Å². The van der Waals surface area contributed by atoms with Crippen LogP contribution in [0.25, 0.3) is 32.4 Å². The third-order valence-electron chi connectivity index (χ3n) is 6.43. The SMILES string of the molecule is Cn1c(N2C3CC[C@H]2C[C@H]3N)nc2[nH]cc(-c3ccc4ncsc4c3Cl)c2c1=O. The van der Waals surface area contributed by atoms with Gasteiger partial charge >= 0.3 is 0 Å². The van der Waals surface area contributed by atoms with Crippen LogP contribution in [0.2, 0.25) is 5.02 Å². The molecule has 7 nitrogen and oxygen atoms in total. The number of hydrogen-bond donors (Lipinski definition) is 2. The lowest BCUT2D eigenvalue weighted by atomic mass is 9.97. The summed E-state index contributed by atoms with van der Waals surface area (Å²) in [5.41, 5.74) is 11.0. The molecule has 4 aromatic rings. The lowest BCUT2D eigenvalue weighted by molar-refractivity contribution is 0.503. The minimum absolute atomic E-state index is 0.0819. The van der Waals surface area contributed by atoms with Gasteiger partial charge in [-0.2, -0.15) is 4.98 Å². The molecule has 29 heavy (non-hydrogen) atoms. The summed E-state index contributed by atoms with van der Waals surface area (Å²) in [4.78, 5) is 28.0. The molecule has 9 heteroatoms. The number of anilines is 1. The maximum absolute atomic E-state index is 13.4. The van der Waals surface area contributed by atoms with Gasteiger partial charge in [-0.15, -0.1) is 11.3 Å². The average molecular weight is 427 g/mol. The van der Waals surface area contributed by atoms with E-state index in [2.05, 4.69) is 14.9 Å². The van der Waals surface area contributed by atoms with Crippen molar-refractivity contribution >= 4 is 50.1 Å². The van der Waals surface area contributed by atoms with Crippen LogP contribution in [0.4, 0.5) is 5.95 Å². The number of aromatic nitrogens is 4. The van der Waals surface area contributed by atoms with Crippen LogP contribution >= 0.6 is 22.9 Å². The first-order valence-electron chi connectivity index (χ1n) is 9.68. The molecule has 0 spiro atoms. The Bertz CT molecular complexity index is 1340. The standard InChI is InChI=1S/C20H19ClN6OS/c1-26-19(28)15-11(10-3-4-13-17(16(10)21)29-8-24-13)7-23-18(15)25-20(26)27-9-2-5-14(27)12(22)6-9/h3-4,7-9,12,14,23H,2,5-6,22H2,1H3/t9-,12+,14?/m0/s1. The van der Waals surface area contributed by atoms with E-state index in [1.165, 1.54) is 11.3 Å². The molecule has 148 valence electrons. The van der Waals surface area contributed by atoms with Crippen LogP contribution in [0.15, 0.2) is 28.6 Å². The summed E-state index contributed by atoms with van der Waals surface area (Å²) in [5, 5.41) is 1.17. The van der Waals surface area contributed by atoms with E-state index in [-0.39, 0.29) is 17.6 Å². The zero-order chi connectivity index (χ0) is 19.9. The molecule has 2 aliphatic rings. The van der Waals surface area contributed by atoms with E-state index in [0.717, 1.165) is 40.6 Å². The first-order valence-corrected chi connectivity index (χ1v) is 10.9. The molecule has 0 saturated carbocycles. The van der Waals surface area contributed by atoms with Gasteiger partial charge in [-0.25, -0.2) is 4.98 Å². The van der Waals surface area contributed by atoms with E-state index in [1.54, 1.807) is 17.1 Å². The maximum Gasteiger partial charge on any atom is 0.264 e. The van der Waals surface area contributed by atoms with Crippen LogP contribution in [0.1, 0.15) is 19.3 Å². The van der Waals surface area contributed by atoms with Gasteiger partial charge in [0.15, 0.2) is 0 Å². The van der Waals surface area contributed by atoms with E-state index >= 15 is 0 Å². The van der Waals surface area contributed by atoms with Gasteiger partial charge in [0.1, 0.15) is 5.65 Å². The Kier molecular flexibility index (Phi) is 3.63. The number of nitrogens with two attached hydrogens (primary N) is 1. The number of benzene rings is 1. The van der Waals surface area contributed by atoms with Crippen molar-refractivity contribution in [3.05, 3.63) is 39.2 Å². The highest BCUT2D eigenvalue weighted by Gasteiger charge is 2.46. The molecule has 0 aliphatic carbocycles. The molecule has 0 amide bonds. The maximum atomic E-state index is 13.4. The van der Waals surface area contributed by atoms with Crippen molar-refractivity contribution in [2.24, 2.45) is 12.8 Å². The second-order valence-electron chi connectivity index (χ2n) is 7.93. The molecule has 3 atom stereocenters. The third kappa shape index (κ3) is 2.30. The van der Waals surface area contributed by atoms with Gasteiger partial charge < -0.3 is 15.6 Å². The normalized spacial score (nSPS) is 23.7. The van der Waals surface area contributed by atoms with E-state index in [1.807, 2.05) is 18.3 Å². The second-order valence-corrected chi connectivity index (χ2v) is 9.17. The molecule has 2 fully saturated rings. The first-order chi connectivity index (χ1) is 14.0. The van der Waals surface area contributed by atoms with E-state index in [0.29, 0.717) is 28.0 Å². The lowest BCUT2D eigenvalue weighted by Crippen LogP contribution is -2.40. The topological polar surface area (TPSA) is 92.8 Å². The fourth-order valence-corrected chi connectivity index (χ4v) is 6.17. The molecule has 5 heterocycles. The van der Waals surface area contributed by atoms with Crippen LogP contribution in [-0.4, -0.2) is 37.6 Å². The number of aromatic amines is 1. The molecule has 2 aliphatic heterocycles. The van der Waals surface area contributed by atoms with Crippen molar-refractivity contribution in [3.8, 4) is 11.1 Å². The van der Waals surface area contributed by atoms with Crippen molar-refractivity contribution < 1.29 is 0 Å². The lowest BCUT2D eigenvalue weighted by Gasteiger charge is -2.25. The number of halogens is 1. The summed E-state index contributed by atoms with van der Waals surface area (Å²) in [5.74, 6) is 0.695. The number of fused-ring (bicyclic) bond motifs is 4. The molecule has 0 radical (unpaired) electrons. The Hall–Kier alpha value is -2.42. The smallest absolute Gasteiger partial charge is 0.264 e. The monoisotopic (exact) mass is 426 g/mol. The predicted octanol–water partition coefficient (Wildman–Crippen LogP) is 3.26. The fourth-order valence-electron chi connectivity index (χ4n) is 5.04. The molecular formula is C20H19ClN6OS. The summed E-state index contributed by atoms with van der Waals surface area (Å²) in [6.45, 7) is 0. The number of H-pyrrole nitrogens is 1. The first kappa shape index (κ1) is 17.4. The molecule has 1 aromatic carbocycles. The largest absolute Gasteiger partial charge is 0.345 e. The Morgan fingerprint density at radius 1 is 1.31 bits per heavy atom. The number of thiazole rings is 1. The summed E-state index contributed by atoms with van der Waals surface area (Å²) in [6, 6.07) is 4.61. The second kappa shape index (κ2) is 6.04. The zero-order valence-electron chi connectivity index (χ0n) is 15.7. The van der Waals surface area contributed by atoms with Gasteiger partial charge in [-0.3, -0.25) is 9.36 Å². The van der Waals surface area contributed by atoms with Crippen LogP contribution in [-0.2, 0) is 7.05 Å². The Labute approximate surface area is 175 Å². The van der Waals surface area contributed by atoms with Crippen LogP contribution in [0.5, 0.6) is 0 Å². The highest BCUT2D eigenvalue weighted by atomic mass is 35.5. The van der Waals surface area contributed by atoms with Crippen molar-refractivity contribution in [3.63, 3.8) is 0 Å². The quantitative estimate of drug-likeness (QED) is 0.513. The molecule has 1 unspecified atom stereocenters. The number of rotatable bonds is 2. The zero-order valence-corrected chi connectivity index (χ0v) is 17.3. The van der Waals surface area contributed by atoms with Crippen molar-refractivity contribution in [1.82, 2.24) is 19.5 Å². The van der Waals surface area contributed by atoms with E-state index in [9.17, 15) is 4.79 Å². The minimum Gasteiger partial charge on any atom is -0.345 e. The van der Waals surface area contributed by atoms with Crippen LogP contribution < -0.4 is 16.2 Å². The van der Waals surface area contributed by atoms with Gasteiger partial charge in [0.25, 0.3) is 5.56 Å². The summed E-state index contributed by atoms with van der Waals surface area (Å²) >= 11 is 8.16. The van der Waals surface area contributed by atoms with Crippen molar-refractivity contribution in [2.45, 2.75) is 37.4 Å². The highest BCUT2D eigenvalue weighted by Crippen LogP contribution is 2.41. The van der Waals surface area contributed by atoms with Crippen LogP contribution in [0, 0.1) is 0 Å². The number of hydrogen-bond acceptors (Lipinski definition) is 6. The van der Waals surface area contributed by atoms with E-state index in [4.69, 9.17) is 22.3 Å². The Balaban J connectivity index is 1.55. The summed E-state index contributed by atoms with van der Waals surface area (Å²) in [6.07, 6.45) is 4.94. The average Bonchev–Trinajstić information content (AvgIpc) is 3.47. The molecule has 6 rings (SSSR count). The van der Waals surface area contributed by atoms with Crippen molar-refractivity contribution in [1.29, 1.82) is 0 Å². The highest BCUT2D eigenvalue weighted by molar-refractivity contribution is 7.17. The number of nitrogens with one attached hydrogen (secondary N) is 1. The molecule has 2 bridgehead atoms. The Morgan fingerprint density at radius 2 is 2.17 bits per heavy atom. The fraction of sp³-hybridized carbons (Fsp3) is 0.350. The molecular weight excluding hydrogens is 408 g/mol. The van der Waals surface area contributed by atoms with Crippen LogP contribution in [0.3, 0.4) is 0 Å². The number of nitrogens with zero attached hydrogens (tertiary/aromatic N) is 4. The van der Waals surface area contributed by atoms with Crippen molar-refractivity contribution in [2.75, 3.05) is 4.90 Å². The predicted molar refractivity (Wildman–Crippen MR) is 117 cm³/mol. The van der Waals surface area contributed by atoms with Gasteiger partial charge in [-0.05, 0) is 25.3 Å². The summed E-state index contributed by atoms with van der Waals surface area (Å²) in [7, 11) is 1.79. The third-order valence-corrected chi connectivity index (χ3v) is 7.80. The molecule has 3 aromatic heterocycles. The molecule has 2 saturated heterocycles. The van der Waals surface area contributed by atoms with Gasteiger partial charge in [0.05, 0.1) is 26.1 Å². The summed E-state index contributed by atoms with van der Waals surface area (Å²) < 4.78 is 2.57.